The van der Waals surface area contributed by atoms with Crippen LogP contribution in [0.3, 0.4) is 0 Å². The van der Waals surface area contributed by atoms with Gasteiger partial charge in [0.15, 0.2) is 0 Å². The van der Waals surface area contributed by atoms with Gasteiger partial charge in [0, 0.05) is 5.69 Å². The van der Waals surface area contributed by atoms with Crippen molar-refractivity contribution in [2.45, 2.75) is 6.18 Å². The Balaban J connectivity index is 1.91. The molecule has 0 aliphatic carbocycles. The molecule has 3 rings (SSSR count). The molecule has 0 unspecified atom stereocenters. The first-order valence-corrected chi connectivity index (χ1v) is 7.45. The molecule has 0 fully saturated rings. The maximum atomic E-state index is 12.8. The van der Waals surface area contributed by atoms with Gasteiger partial charge in [0.05, 0.1) is 11.3 Å². The molecule has 8 heteroatoms. The number of imide groups is 1. The SMILES string of the molecule is O=C1C(Cl)=C(Nc2cccc(C(F)(F)F)c2)C(=O)N1c1ccccc1. The normalized spacial score (nSPS) is 15.1. The molecule has 1 aliphatic heterocycles. The first-order chi connectivity index (χ1) is 11.8. The van der Waals surface area contributed by atoms with Crippen molar-refractivity contribution in [3.8, 4) is 0 Å². The van der Waals surface area contributed by atoms with E-state index in [1.54, 1.807) is 30.3 Å². The van der Waals surface area contributed by atoms with Gasteiger partial charge in [-0.05, 0) is 30.3 Å². The molecule has 0 saturated carbocycles. The second kappa shape index (κ2) is 6.25. The van der Waals surface area contributed by atoms with Gasteiger partial charge in [-0.15, -0.1) is 0 Å². The van der Waals surface area contributed by atoms with Crippen LogP contribution in [-0.4, -0.2) is 11.8 Å². The number of para-hydroxylation sites is 1. The monoisotopic (exact) mass is 366 g/mol. The third kappa shape index (κ3) is 3.23. The highest BCUT2D eigenvalue weighted by atomic mass is 35.5. The van der Waals surface area contributed by atoms with E-state index >= 15 is 0 Å². The van der Waals surface area contributed by atoms with Crippen molar-refractivity contribution in [1.82, 2.24) is 0 Å². The third-order valence-corrected chi connectivity index (χ3v) is 3.85. The molecular weight excluding hydrogens is 357 g/mol. The van der Waals surface area contributed by atoms with Gasteiger partial charge in [0.2, 0.25) is 0 Å². The minimum absolute atomic E-state index is 0.000892. The number of rotatable bonds is 3. The van der Waals surface area contributed by atoms with Crippen LogP contribution in [0.25, 0.3) is 0 Å². The lowest BCUT2D eigenvalue weighted by molar-refractivity contribution is -0.137. The first kappa shape index (κ1) is 17.0. The van der Waals surface area contributed by atoms with Gasteiger partial charge in [0.25, 0.3) is 11.8 Å². The first-order valence-electron chi connectivity index (χ1n) is 7.07. The Labute approximate surface area is 145 Å². The zero-order chi connectivity index (χ0) is 18.2. The second-order valence-corrected chi connectivity index (χ2v) is 5.55. The van der Waals surface area contributed by atoms with Gasteiger partial charge in [-0.3, -0.25) is 9.59 Å². The molecule has 0 saturated heterocycles. The van der Waals surface area contributed by atoms with Crippen LogP contribution in [0.1, 0.15) is 5.56 Å². The van der Waals surface area contributed by atoms with Crippen molar-refractivity contribution in [2.75, 3.05) is 10.2 Å². The number of anilines is 2. The predicted molar refractivity (Wildman–Crippen MR) is 86.9 cm³/mol. The zero-order valence-corrected chi connectivity index (χ0v) is 13.2. The number of amides is 2. The third-order valence-electron chi connectivity index (χ3n) is 3.50. The fraction of sp³-hybridized carbons (Fsp3) is 0.0588. The number of nitrogens with one attached hydrogen (secondary N) is 1. The molecule has 25 heavy (non-hydrogen) atoms. The van der Waals surface area contributed by atoms with E-state index < -0.39 is 23.6 Å². The molecule has 4 nitrogen and oxygen atoms in total. The maximum absolute atomic E-state index is 12.8. The van der Waals surface area contributed by atoms with Crippen molar-refractivity contribution < 1.29 is 22.8 Å². The largest absolute Gasteiger partial charge is 0.416 e. The van der Waals surface area contributed by atoms with Crippen molar-refractivity contribution >= 4 is 34.8 Å². The van der Waals surface area contributed by atoms with Gasteiger partial charge >= 0.3 is 6.18 Å². The van der Waals surface area contributed by atoms with E-state index in [1.165, 1.54) is 12.1 Å². The molecular formula is C17H10ClF3N2O2. The average Bonchev–Trinajstić information content (AvgIpc) is 2.79. The quantitative estimate of drug-likeness (QED) is 0.830. The molecule has 0 atom stereocenters. The number of halogens is 4. The van der Waals surface area contributed by atoms with Crippen LogP contribution in [0.4, 0.5) is 24.5 Å². The number of alkyl halides is 3. The van der Waals surface area contributed by atoms with Crippen LogP contribution in [0.2, 0.25) is 0 Å². The number of benzene rings is 2. The van der Waals surface area contributed by atoms with Crippen LogP contribution in [-0.2, 0) is 15.8 Å². The lowest BCUT2D eigenvalue weighted by Crippen LogP contribution is -2.32. The predicted octanol–water partition coefficient (Wildman–Crippen LogP) is 4.14. The van der Waals surface area contributed by atoms with Crippen LogP contribution in [0.15, 0.2) is 65.3 Å². The van der Waals surface area contributed by atoms with E-state index in [4.69, 9.17) is 11.6 Å². The fourth-order valence-electron chi connectivity index (χ4n) is 2.34. The van der Waals surface area contributed by atoms with E-state index in [9.17, 15) is 22.8 Å². The Bertz CT molecular complexity index is 879. The Morgan fingerprint density at radius 3 is 2.24 bits per heavy atom. The Kier molecular flexibility index (Phi) is 4.26. The summed E-state index contributed by atoms with van der Waals surface area (Å²) in [6, 6.07) is 12.4. The second-order valence-electron chi connectivity index (χ2n) is 5.17. The smallest absolute Gasteiger partial charge is 0.350 e. The summed E-state index contributed by atoms with van der Waals surface area (Å²) in [7, 11) is 0. The van der Waals surface area contributed by atoms with Crippen LogP contribution in [0, 0.1) is 0 Å². The topological polar surface area (TPSA) is 49.4 Å². The summed E-state index contributed by atoms with van der Waals surface area (Å²) in [5.41, 5.74) is -0.837. The van der Waals surface area contributed by atoms with E-state index in [0.717, 1.165) is 17.0 Å². The number of carbonyl (C=O) groups is 2. The molecule has 2 amide bonds. The lowest BCUT2D eigenvalue weighted by Gasteiger charge is -2.15. The number of carbonyl (C=O) groups excluding carboxylic acids is 2. The molecule has 1 N–H and O–H groups in total. The van der Waals surface area contributed by atoms with E-state index in [0.29, 0.717) is 5.69 Å². The van der Waals surface area contributed by atoms with E-state index in [-0.39, 0.29) is 16.4 Å². The summed E-state index contributed by atoms with van der Waals surface area (Å²) in [5.74, 6) is -1.48. The Hall–Kier alpha value is -2.80. The highest BCUT2D eigenvalue weighted by Crippen LogP contribution is 2.33. The van der Waals surface area contributed by atoms with Gasteiger partial charge in [-0.25, -0.2) is 4.90 Å². The number of hydrogen-bond donors (Lipinski definition) is 1. The molecule has 1 aliphatic rings. The number of hydrogen-bond acceptors (Lipinski definition) is 3. The van der Waals surface area contributed by atoms with Crippen LogP contribution >= 0.6 is 11.6 Å². The van der Waals surface area contributed by atoms with Gasteiger partial charge in [-0.2, -0.15) is 13.2 Å². The highest BCUT2D eigenvalue weighted by molar-refractivity contribution is 6.53. The average molecular weight is 367 g/mol. The maximum Gasteiger partial charge on any atom is 0.416 e. The van der Waals surface area contributed by atoms with Crippen LogP contribution < -0.4 is 10.2 Å². The molecule has 0 radical (unpaired) electrons. The van der Waals surface area contributed by atoms with Crippen molar-refractivity contribution in [1.29, 1.82) is 0 Å². The standard InChI is InChI=1S/C17H10ClF3N2O2/c18-13-14(22-11-6-4-5-10(9-11)17(19,20)21)16(25)23(15(13)24)12-7-2-1-3-8-12/h1-9,22H. The summed E-state index contributed by atoms with van der Waals surface area (Å²) in [5, 5.41) is 2.14. The van der Waals surface area contributed by atoms with Gasteiger partial charge in [-0.1, -0.05) is 35.9 Å². The van der Waals surface area contributed by atoms with Gasteiger partial charge in [0.1, 0.15) is 10.7 Å². The minimum atomic E-state index is -4.53. The van der Waals surface area contributed by atoms with Crippen molar-refractivity contribution in [2.24, 2.45) is 0 Å². The number of nitrogens with zero attached hydrogens (tertiary/aromatic N) is 1. The molecule has 1 heterocycles. The Morgan fingerprint density at radius 2 is 1.60 bits per heavy atom. The summed E-state index contributed by atoms with van der Waals surface area (Å²) in [4.78, 5) is 25.6. The zero-order valence-electron chi connectivity index (χ0n) is 12.5. The molecule has 2 aromatic carbocycles. The fourth-order valence-corrected chi connectivity index (χ4v) is 2.55. The molecule has 0 bridgehead atoms. The molecule has 128 valence electrons. The Morgan fingerprint density at radius 1 is 0.920 bits per heavy atom. The molecule has 2 aromatic rings. The molecule has 0 aromatic heterocycles. The lowest BCUT2D eigenvalue weighted by atomic mass is 10.2. The summed E-state index contributed by atoms with van der Waals surface area (Å²) >= 11 is 5.93. The minimum Gasteiger partial charge on any atom is -0.350 e. The highest BCUT2D eigenvalue weighted by Gasteiger charge is 2.39. The van der Waals surface area contributed by atoms with Crippen molar-refractivity contribution in [3.63, 3.8) is 0 Å². The van der Waals surface area contributed by atoms with Crippen LogP contribution in [0.5, 0.6) is 0 Å². The van der Waals surface area contributed by atoms with E-state index in [2.05, 4.69) is 5.32 Å². The summed E-state index contributed by atoms with van der Waals surface area (Å²) in [6.45, 7) is 0. The van der Waals surface area contributed by atoms with Crippen molar-refractivity contribution in [3.05, 3.63) is 70.9 Å². The van der Waals surface area contributed by atoms with E-state index in [1.807, 2.05) is 0 Å². The van der Waals surface area contributed by atoms with Gasteiger partial charge < -0.3 is 5.32 Å². The summed E-state index contributed by atoms with van der Waals surface area (Å²) < 4.78 is 38.4. The summed E-state index contributed by atoms with van der Waals surface area (Å²) in [6.07, 6.45) is -4.53. The molecule has 0 spiro atoms.